The van der Waals surface area contributed by atoms with Crippen LogP contribution in [0.1, 0.15) is 13.8 Å². The second-order valence-electron chi connectivity index (χ2n) is 4.10. The molecule has 0 aromatic rings. The number of nitrogens with zero attached hydrogens (tertiary/aromatic N) is 1. The fourth-order valence-electron chi connectivity index (χ4n) is 1.56. The number of morpholine rings is 1. The van der Waals surface area contributed by atoms with Crippen molar-refractivity contribution in [2.45, 2.75) is 25.1 Å². The molecular formula is C10H20N2O3S. The molecule has 0 aromatic carbocycles. The van der Waals surface area contributed by atoms with Crippen LogP contribution in [0.25, 0.3) is 0 Å². The molecule has 16 heavy (non-hydrogen) atoms. The predicted molar refractivity (Wildman–Crippen MR) is 63.5 cm³/mol. The quantitative estimate of drug-likeness (QED) is 0.716. The van der Waals surface area contributed by atoms with Gasteiger partial charge in [0.05, 0.1) is 13.2 Å². The first kappa shape index (κ1) is 13.6. The van der Waals surface area contributed by atoms with E-state index in [-0.39, 0.29) is 11.9 Å². The molecule has 0 aliphatic carbocycles. The summed E-state index contributed by atoms with van der Waals surface area (Å²) in [5.74, 6) is 0.319. The SMILES string of the molecule is CC(N)CS(=O)C(C)C(=O)N1CCOCC1. The molecule has 1 fully saturated rings. The highest BCUT2D eigenvalue weighted by molar-refractivity contribution is 7.86. The van der Waals surface area contributed by atoms with Crippen molar-refractivity contribution in [3.63, 3.8) is 0 Å². The van der Waals surface area contributed by atoms with Crippen molar-refractivity contribution in [2.24, 2.45) is 5.73 Å². The van der Waals surface area contributed by atoms with Crippen molar-refractivity contribution in [3.05, 3.63) is 0 Å². The highest BCUT2D eigenvalue weighted by atomic mass is 32.2. The van der Waals surface area contributed by atoms with Crippen LogP contribution in [0.3, 0.4) is 0 Å². The van der Waals surface area contributed by atoms with Crippen molar-refractivity contribution in [1.29, 1.82) is 0 Å². The number of carbonyl (C=O) groups is 1. The van der Waals surface area contributed by atoms with Gasteiger partial charge >= 0.3 is 0 Å². The number of amides is 1. The third-order valence-electron chi connectivity index (χ3n) is 2.49. The maximum atomic E-state index is 12.0. The summed E-state index contributed by atoms with van der Waals surface area (Å²) in [5, 5.41) is -0.468. The molecule has 0 radical (unpaired) electrons. The number of nitrogens with two attached hydrogens (primary N) is 1. The van der Waals surface area contributed by atoms with Crippen LogP contribution >= 0.6 is 0 Å². The first-order valence-corrected chi connectivity index (χ1v) is 6.90. The number of hydrogen-bond acceptors (Lipinski definition) is 4. The van der Waals surface area contributed by atoms with Gasteiger partial charge in [-0.1, -0.05) is 0 Å². The van der Waals surface area contributed by atoms with Crippen LogP contribution in [-0.2, 0) is 20.3 Å². The molecule has 0 aromatic heterocycles. The molecule has 5 nitrogen and oxygen atoms in total. The Morgan fingerprint density at radius 1 is 1.44 bits per heavy atom. The lowest BCUT2D eigenvalue weighted by Gasteiger charge is -2.29. The van der Waals surface area contributed by atoms with Crippen molar-refractivity contribution in [1.82, 2.24) is 4.90 Å². The van der Waals surface area contributed by atoms with E-state index in [0.29, 0.717) is 32.1 Å². The van der Waals surface area contributed by atoms with Gasteiger partial charge in [0.1, 0.15) is 5.25 Å². The van der Waals surface area contributed by atoms with Gasteiger partial charge in [0.25, 0.3) is 0 Å². The molecule has 1 saturated heterocycles. The molecule has 3 unspecified atom stereocenters. The Bertz CT molecular complexity index is 265. The molecule has 0 saturated carbocycles. The maximum absolute atomic E-state index is 12.0. The van der Waals surface area contributed by atoms with Crippen LogP contribution in [0.2, 0.25) is 0 Å². The molecule has 1 aliphatic heterocycles. The minimum absolute atomic E-state index is 0.0534. The standard InChI is InChI=1S/C10H20N2O3S/c1-8(11)7-16(14)9(2)10(13)12-3-5-15-6-4-12/h8-9H,3-7,11H2,1-2H3. The van der Waals surface area contributed by atoms with Gasteiger partial charge in [-0.15, -0.1) is 0 Å². The van der Waals surface area contributed by atoms with Crippen LogP contribution < -0.4 is 5.73 Å². The minimum atomic E-state index is -1.18. The summed E-state index contributed by atoms with van der Waals surface area (Å²) in [4.78, 5) is 13.7. The summed E-state index contributed by atoms with van der Waals surface area (Å²) in [6, 6.07) is -0.138. The van der Waals surface area contributed by atoms with Gasteiger partial charge in [-0.05, 0) is 13.8 Å². The summed E-state index contributed by atoms with van der Waals surface area (Å²) >= 11 is 0. The van der Waals surface area contributed by atoms with Crippen LogP contribution in [0.15, 0.2) is 0 Å². The monoisotopic (exact) mass is 248 g/mol. The van der Waals surface area contributed by atoms with Gasteiger partial charge in [-0.3, -0.25) is 9.00 Å². The molecular weight excluding hydrogens is 228 g/mol. The Hall–Kier alpha value is -0.460. The van der Waals surface area contributed by atoms with E-state index in [0.717, 1.165) is 0 Å². The fourth-order valence-corrected chi connectivity index (χ4v) is 2.74. The zero-order valence-corrected chi connectivity index (χ0v) is 10.7. The predicted octanol–water partition coefficient (Wildman–Crippen LogP) is -0.670. The lowest BCUT2D eigenvalue weighted by molar-refractivity contribution is -0.134. The molecule has 0 spiro atoms. The van der Waals surface area contributed by atoms with E-state index in [2.05, 4.69) is 0 Å². The summed E-state index contributed by atoms with van der Waals surface area (Å²) in [6.45, 7) is 5.83. The van der Waals surface area contributed by atoms with E-state index in [1.54, 1.807) is 18.7 Å². The highest BCUT2D eigenvalue weighted by Gasteiger charge is 2.26. The first-order chi connectivity index (χ1) is 7.52. The summed E-state index contributed by atoms with van der Waals surface area (Å²) in [6.07, 6.45) is 0. The number of rotatable bonds is 4. The van der Waals surface area contributed by atoms with Crippen LogP contribution in [-0.4, -0.2) is 58.4 Å². The Morgan fingerprint density at radius 3 is 2.50 bits per heavy atom. The van der Waals surface area contributed by atoms with Gasteiger partial charge in [0.2, 0.25) is 5.91 Å². The Kier molecular flexibility index (Phi) is 5.37. The largest absolute Gasteiger partial charge is 0.378 e. The van der Waals surface area contributed by atoms with E-state index in [9.17, 15) is 9.00 Å². The van der Waals surface area contributed by atoms with E-state index in [1.165, 1.54) is 0 Å². The lowest BCUT2D eigenvalue weighted by Crippen LogP contribution is -2.46. The summed E-state index contributed by atoms with van der Waals surface area (Å²) in [5.41, 5.74) is 5.57. The van der Waals surface area contributed by atoms with Crippen molar-refractivity contribution < 1.29 is 13.7 Å². The van der Waals surface area contributed by atoms with E-state index in [4.69, 9.17) is 10.5 Å². The molecule has 94 valence electrons. The second-order valence-corrected chi connectivity index (χ2v) is 5.91. The summed E-state index contributed by atoms with van der Waals surface area (Å²) < 4.78 is 17.0. The van der Waals surface area contributed by atoms with E-state index in [1.807, 2.05) is 0 Å². The highest BCUT2D eigenvalue weighted by Crippen LogP contribution is 2.06. The Labute approximate surface area is 98.8 Å². The molecule has 1 aliphatic rings. The van der Waals surface area contributed by atoms with Gasteiger partial charge in [0, 0.05) is 35.7 Å². The average Bonchev–Trinajstić information content (AvgIpc) is 2.27. The van der Waals surface area contributed by atoms with Crippen molar-refractivity contribution in [2.75, 3.05) is 32.1 Å². The van der Waals surface area contributed by atoms with E-state index < -0.39 is 16.0 Å². The normalized spacial score (nSPS) is 22.6. The molecule has 0 bridgehead atoms. The van der Waals surface area contributed by atoms with Gasteiger partial charge in [0.15, 0.2) is 0 Å². The topological polar surface area (TPSA) is 72.6 Å². The third-order valence-corrected chi connectivity index (χ3v) is 4.34. The number of hydrogen-bond donors (Lipinski definition) is 1. The summed E-state index contributed by atoms with van der Waals surface area (Å²) in [7, 11) is -1.18. The smallest absolute Gasteiger partial charge is 0.238 e. The zero-order valence-electron chi connectivity index (χ0n) is 9.85. The molecule has 1 heterocycles. The fraction of sp³-hybridized carbons (Fsp3) is 0.900. The van der Waals surface area contributed by atoms with E-state index >= 15 is 0 Å². The maximum Gasteiger partial charge on any atom is 0.238 e. The Balaban J connectivity index is 2.48. The lowest BCUT2D eigenvalue weighted by atomic mass is 10.3. The minimum Gasteiger partial charge on any atom is -0.378 e. The van der Waals surface area contributed by atoms with Crippen LogP contribution in [0.4, 0.5) is 0 Å². The molecule has 6 heteroatoms. The van der Waals surface area contributed by atoms with Gasteiger partial charge < -0.3 is 15.4 Å². The van der Waals surface area contributed by atoms with Crippen molar-refractivity contribution >= 4 is 16.7 Å². The van der Waals surface area contributed by atoms with Crippen LogP contribution in [0, 0.1) is 0 Å². The molecule has 3 atom stereocenters. The third kappa shape index (κ3) is 3.84. The molecule has 1 amide bonds. The molecule has 1 rings (SSSR count). The number of carbonyl (C=O) groups excluding carboxylic acids is 1. The second kappa shape index (κ2) is 6.32. The van der Waals surface area contributed by atoms with Crippen molar-refractivity contribution in [3.8, 4) is 0 Å². The zero-order chi connectivity index (χ0) is 12.1. The average molecular weight is 248 g/mol. The first-order valence-electron chi connectivity index (χ1n) is 5.51. The molecule has 2 N–H and O–H groups in total. The number of ether oxygens (including phenoxy) is 1. The van der Waals surface area contributed by atoms with Crippen LogP contribution in [0.5, 0.6) is 0 Å². The Morgan fingerprint density at radius 2 is 2.00 bits per heavy atom. The van der Waals surface area contributed by atoms with Gasteiger partial charge in [-0.25, -0.2) is 0 Å². The van der Waals surface area contributed by atoms with Gasteiger partial charge in [-0.2, -0.15) is 0 Å².